The van der Waals surface area contributed by atoms with Crippen LogP contribution in [0.5, 0.6) is 0 Å². The number of hydrogen-bond donors (Lipinski definition) is 1. The van der Waals surface area contributed by atoms with Crippen LogP contribution in [0, 0.1) is 9.39 Å². The molecule has 0 aliphatic carbocycles. The number of anilines is 1. The van der Waals surface area contributed by atoms with Crippen molar-refractivity contribution in [3.8, 4) is 5.69 Å². The Balaban J connectivity index is 2.33. The first-order valence-corrected chi connectivity index (χ1v) is 6.91. The molecule has 1 heterocycles. The molecule has 96 valence electrons. The van der Waals surface area contributed by atoms with Crippen molar-refractivity contribution in [1.29, 1.82) is 0 Å². The summed E-state index contributed by atoms with van der Waals surface area (Å²) in [7, 11) is 0. The third kappa shape index (κ3) is 2.17. The molecule has 0 aliphatic rings. The normalized spacial score (nSPS) is 11.1. The van der Waals surface area contributed by atoms with E-state index in [0.29, 0.717) is 10.7 Å². The summed E-state index contributed by atoms with van der Waals surface area (Å²) in [6.45, 7) is 0. The SMILES string of the molecule is Nc1nc2cc(I)ccc2n1-c1ccc(Cl)cc1F. The minimum atomic E-state index is -0.433. The molecule has 3 rings (SSSR count). The van der Waals surface area contributed by atoms with E-state index in [1.165, 1.54) is 6.07 Å². The highest BCUT2D eigenvalue weighted by Gasteiger charge is 2.13. The molecule has 0 saturated heterocycles. The molecule has 0 fully saturated rings. The van der Waals surface area contributed by atoms with Gasteiger partial charge in [0.05, 0.1) is 16.7 Å². The molecule has 6 heteroatoms. The fourth-order valence-electron chi connectivity index (χ4n) is 1.99. The molecule has 0 atom stereocenters. The predicted molar refractivity (Wildman–Crippen MR) is 83.2 cm³/mol. The van der Waals surface area contributed by atoms with Gasteiger partial charge in [0.25, 0.3) is 0 Å². The Morgan fingerprint density at radius 1 is 1.21 bits per heavy atom. The molecule has 19 heavy (non-hydrogen) atoms. The molecule has 3 nitrogen and oxygen atoms in total. The van der Waals surface area contributed by atoms with Crippen LogP contribution in [0.25, 0.3) is 16.7 Å². The van der Waals surface area contributed by atoms with E-state index < -0.39 is 5.82 Å². The van der Waals surface area contributed by atoms with Crippen molar-refractivity contribution < 1.29 is 4.39 Å². The number of rotatable bonds is 1. The van der Waals surface area contributed by atoms with Crippen LogP contribution in [0.1, 0.15) is 0 Å². The van der Waals surface area contributed by atoms with Crippen LogP contribution in [-0.4, -0.2) is 9.55 Å². The average Bonchev–Trinajstić information content (AvgIpc) is 2.65. The van der Waals surface area contributed by atoms with Gasteiger partial charge in [0.1, 0.15) is 5.82 Å². The van der Waals surface area contributed by atoms with Gasteiger partial charge in [0, 0.05) is 8.59 Å². The first-order valence-electron chi connectivity index (χ1n) is 5.45. The maximum Gasteiger partial charge on any atom is 0.206 e. The Kier molecular flexibility index (Phi) is 3.10. The molecule has 0 aliphatic heterocycles. The number of aromatic nitrogens is 2. The minimum Gasteiger partial charge on any atom is -0.369 e. The summed E-state index contributed by atoms with van der Waals surface area (Å²) >= 11 is 7.95. The van der Waals surface area contributed by atoms with E-state index in [4.69, 9.17) is 17.3 Å². The number of hydrogen-bond acceptors (Lipinski definition) is 2. The largest absolute Gasteiger partial charge is 0.369 e. The van der Waals surface area contributed by atoms with E-state index in [0.717, 1.165) is 14.6 Å². The summed E-state index contributed by atoms with van der Waals surface area (Å²) in [5.41, 5.74) is 7.73. The van der Waals surface area contributed by atoms with Crippen molar-refractivity contribution in [2.24, 2.45) is 0 Å². The minimum absolute atomic E-state index is 0.248. The van der Waals surface area contributed by atoms with Crippen molar-refractivity contribution in [1.82, 2.24) is 9.55 Å². The summed E-state index contributed by atoms with van der Waals surface area (Å²) in [6, 6.07) is 10.2. The Hall–Kier alpha value is -1.34. The van der Waals surface area contributed by atoms with Crippen LogP contribution in [0.15, 0.2) is 36.4 Å². The van der Waals surface area contributed by atoms with Crippen LogP contribution in [0.2, 0.25) is 5.02 Å². The summed E-state index contributed by atoms with van der Waals surface area (Å²) in [4.78, 5) is 4.25. The molecule has 0 amide bonds. The molecule has 3 aromatic rings. The first kappa shape index (κ1) is 12.7. The van der Waals surface area contributed by atoms with Crippen LogP contribution in [-0.2, 0) is 0 Å². The van der Waals surface area contributed by atoms with Gasteiger partial charge in [-0.1, -0.05) is 11.6 Å². The van der Waals surface area contributed by atoms with Crippen molar-refractivity contribution >= 4 is 51.2 Å². The van der Waals surface area contributed by atoms with Gasteiger partial charge in [0.2, 0.25) is 5.95 Å². The maximum atomic E-state index is 14.0. The number of nitrogens with zero attached hydrogens (tertiary/aromatic N) is 2. The van der Waals surface area contributed by atoms with Gasteiger partial charge < -0.3 is 5.73 Å². The Morgan fingerprint density at radius 3 is 2.74 bits per heavy atom. The van der Waals surface area contributed by atoms with Gasteiger partial charge in [-0.3, -0.25) is 4.57 Å². The van der Waals surface area contributed by atoms with E-state index in [1.54, 1.807) is 16.7 Å². The zero-order valence-corrected chi connectivity index (χ0v) is 12.5. The van der Waals surface area contributed by atoms with Crippen LogP contribution >= 0.6 is 34.2 Å². The molecule has 2 aromatic carbocycles. The van der Waals surface area contributed by atoms with Crippen molar-refractivity contribution in [3.05, 3.63) is 50.8 Å². The number of benzene rings is 2. The number of nitrogens with two attached hydrogens (primary N) is 1. The fourth-order valence-corrected chi connectivity index (χ4v) is 2.62. The summed E-state index contributed by atoms with van der Waals surface area (Å²) < 4.78 is 16.6. The second-order valence-electron chi connectivity index (χ2n) is 4.03. The van der Waals surface area contributed by atoms with E-state index in [9.17, 15) is 4.39 Å². The smallest absolute Gasteiger partial charge is 0.206 e. The highest BCUT2D eigenvalue weighted by molar-refractivity contribution is 14.1. The van der Waals surface area contributed by atoms with Gasteiger partial charge in [-0.05, 0) is 59.0 Å². The fraction of sp³-hybridized carbons (Fsp3) is 0. The lowest BCUT2D eigenvalue weighted by atomic mass is 10.2. The molecule has 1 aromatic heterocycles. The topological polar surface area (TPSA) is 43.8 Å². The molecule has 0 spiro atoms. The highest BCUT2D eigenvalue weighted by Crippen LogP contribution is 2.27. The molecular weight excluding hydrogens is 380 g/mol. The number of imidazole rings is 1. The summed E-state index contributed by atoms with van der Waals surface area (Å²) in [5.74, 6) is -0.185. The third-order valence-electron chi connectivity index (χ3n) is 2.79. The maximum absolute atomic E-state index is 14.0. The zero-order chi connectivity index (χ0) is 13.6. The van der Waals surface area contributed by atoms with E-state index >= 15 is 0 Å². The second-order valence-corrected chi connectivity index (χ2v) is 5.72. The van der Waals surface area contributed by atoms with Gasteiger partial charge in [-0.15, -0.1) is 0 Å². The Morgan fingerprint density at radius 2 is 2.00 bits per heavy atom. The van der Waals surface area contributed by atoms with E-state index in [-0.39, 0.29) is 5.95 Å². The van der Waals surface area contributed by atoms with E-state index in [2.05, 4.69) is 27.6 Å². The number of nitrogen functional groups attached to an aromatic ring is 1. The molecule has 2 N–H and O–H groups in total. The summed E-state index contributed by atoms with van der Waals surface area (Å²) in [6.07, 6.45) is 0. The highest BCUT2D eigenvalue weighted by atomic mass is 127. The quantitative estimate of drug-likeness (QED) is 0.641. The Bertz CT molecular complexity index is 785. The summed E-state index contributed by atoms with van der Waals surface area (Å²) in [5, 5.41) is 0.346. The van der Waals surface area contributed by atoms with Crippen molar-refractivity contribution in [2.75, 3.05) is 5.73 Å². The molecule has 0 bridgehead atoms. The first-order chi connectivity index (χ1) is 9.06. The molecule has 0 radical (unpaired) electrons. The lowest BCUT2D eigenvalue weighted by Gasteiger charge is -2.08. The zero-order valence-electron chi connectivity index (χ0n) is 9.57. The molecule has 0 unspecified atom stereocenters. The van der Waals surface area contributed by atoms with Gasteiger partial charge in [0.15, 0.2) is 0 Å². The van der Waals surface area contributed by atoms with Crippen LogP contribution < -0.4 is 5.73 Å². The second kappa shape index (κ2) is 4.64. The van der Waals surface area contributed by atoms with Crippen LogP contribution in [0.4, 0.5) is 10.3 Å². The monoisotopic (exact) mass is 387 g/mol. The number of fused-ring (bicyclic) bond motifs is 1. The average molecular weight is 388 g/mol. The van der Waals surface area contributed by atoms with Gasteiger partial charge >= 0.3 is 0 Å². The third-order valence-corrected chi connectivity index (χ3v) is 3.70. The van der Waals surface area contributed by atoms with E-state index in [1.807, 2.05) is 18.2 Å². The van der Waals surface area contributed by atoms with Crippen molar-refractivity contribution in [2.45, 2.75) is 0 Å². The van der Waals surface area contributed by atoms with Gasteiger partial charge in [-0.25, -0.2) is 9.37 Å². The number of halogens is 3. The lowest BCUT2D eigenvalue weighted by Crippen LogP contribution is -2.02. The standard InChI is InChI=1S/C13H8ClFIN3/c14-7-1-3-11(9(15)5-7)19-12-4-2-8(16)6-10(12)18-13(19)17/h1-6H,(H2,17,18). The van der Waals surface area contributed by atoms with Gasteiger partial charge in [-0.2, -0.15) is 0 Å². The van der Waals surface area contributed by atoms with Crippen molar-refractivity contribution in [3.63, 3.8) is 0 Å². The molecular formula is C13H8ClFIN3. The predicted octanol–water partition coefficient (Wildman–Crippen LogP) is 4.00. The van der Waals surface area contributed by atoms with Crippen LogP contribution in [0.3, 0.4) is 0 Å². The molecule has 0 saturated carbocycles. The lowest BCUT2D eigenvalue weighted by molar-refractivity contribution is 0.620. The Labute approximate surface area is 127 Å².